The summed E-state index contributed by atoms with van der Waals surface area (Å²) < 4.78 is 14.5. The Labute approximate surface area is 144 Å². The Hall–Kier alpha value is -2.23. The molecule has 4 N–H and O–H groups in total. The van der Waals surface area contributed by atoms with Gasteiger partial charge in [-0.1, -0.05) is 17.6 Å². The summed E-state index contributed by atoms with van der Waals surface area (Å²) in [4.78, 5) is 19.1. The third-order valence-corrected chi connectivity index (χ3v) is 4.63. The highest BCUT2D eigenvalue weighted by Gasteiger charge is 2.45. The molecule has 4 atom stereocenters. The van der Waals surface area contributed by atoms with E-state index < -0.39 is 12.3 Å². The molecule has 0 amide bonds. The minimum Gasteiger partial charge on any atom is -0.386 e. The van der Waals surface area contributed by atoms with Gasteiger partial charge < -0.3 is 20.3 Å². The van der Waals surface area contributed by atoms with Gasteiger partial charge in [0.2, 0.25) is 11.7 Å². The lowest BCUT2D eigenvalue weighted by molar-refractivity contribution is -0.745. The highest BCUT2D eigenvalue weighted by molar-refractivity contribution is 5.67. The molecule has 0 bridgehead atoms. The van der Waals surface area contributed by atoms with Crippen molar-refractivity contribution in [3.05, 3.63) is 29.3 Å². The van der Waals surface area contributed by atoms with Crippen LogP contribution in [-0.4, -0.2) is 45.6 Å². The van der Waals surface area contributed by atoms with Crippen molar-refractivity contribution in [2.24, 2.45) is 5.92 Å². The van der Waals surface area contributed by atoms with Crippen LogP contribution >= 0.6 is 0 Å². The van der Waals surface area contributed by atoms with E-state index in [9.17, 15) is 9.90 Å². The molecule has 9 heteroatoms. The Morgan fingerprint density at radius 1 is 1.64 bits per heavy atom. The minimum atomic E-state index is -0.750. The average Bonchev–Trinajstić information content (AvgIpc) is 3.04. The highest BCUT2D eigenvalue weighted by atomic mass is 16.5. The summed E-state index contributed by atoms with van der Waals surface area (Å²) in [6, 6.07) is 0. The van der Waals surface area contributed by atoms with Gasteiger partial charge in [-0.05, 0) is 13.3 Å². The van der Waals surface area contributed by atoms with Crippen LogP contribution in [0.3, 0.4) is 0 Å². The minimum absolute atomic E-state index is 0.0130. The second-order valence-corrected chi connectivity index (χ2v) is 6.25. The summed E-state index contributed by atoms with van der Waals surface area (Å²) in [5.74, 6) is -0.0614. The number of aliphatic hydroxyl groups excluding tert-OH is 1. The summed E-state index contributed by atoms with van der Waals surface area (Å²) in [5, 5.41) is 10.8. The summed E-state index contributed by atoms with van der Waals surface area (Å²) in [6.45, 7) is 6.58. The number of imidazole rings is 1. The number of nitrogens with two attached hydrogens (primary N) is 1. The van der Waals surface area contributed by atoms with Crippen LogP contribution in [0.2, 0.25) is 0 Å². The van der Waals surface area contributed by atoms with Crippen LogP contribution in [0.15, 0.2) is 23.8 Å². The molecular formula is C16H24N5O4+. The van der Waals surface area contributed by atoms with Gasteiger partial charge in [-0.2, -0.15) is 0 Å². The van der Waals surface area contributed by atoms with Crippen molar-refractivity contribution < 1.29 is 19.1 Å². The Balaban J connectivity index is 2.07. The number of aliphatic hydroxyl groups is 1. The van der Waals surface area contributed by atoms with E-state index in [0.717, 1.165) is 0 Å². The zero-order valence-corrected chi connectivity index (χ0v) is 14.4. The highest BCUT2D eigenvalue weighted by Crippen LogP contribution is 2.33. The van der Waals surface area contributed by atoms with Crippen LogP contribution in [-0.2, 0) is 16.0 Å². The predicted molar refractivity (Wildman–Crippen MR) is 90.7 cm³/mol. The molecule has 3 heterocycles. The van der Waals surface area contributed by atoms with E-state index in [2.05, 4.69) is 16.5 Å². The number of rotatable bonds is 6. The lowest BCUT2D eigenvalue weighted by atomic mass is 9.95. The number of nitrogen functional groups attached to an aromatic ring is 1. The van der Waals surface area contributed by atoms with Gasteiger partial charge in [-0.15, -0.1) is 0 Å². The van der Waals surface area contributed by atoms with Crippen LogP contribution in [0.1, 0.15) is 19.6 Å². The standard InChI is InChI=1S/C16H23N5O4/c1-4-6-20-8-21(13-11(20)14(23)19-16(17)18-13)15-12(22)10(5-7-24-3)9(2)25-15/h4,8-10,12,15,22H,1,5-7H2,2-3H3,(H2-,17,18,19,23)/p+1/t9-,10-,12-,15-/m1/s1. The number of anilines is 1. The number of methoxy groups -OCH3 is 1. The van der Waals surface area contributed by atoms with Crippen molar-refractivity contribution >= 4 is 17.1 Å². The molecule has 2 aromatic heterocycles. The van der Waals surface area contributed by atoms with Crippen molar-refractivity contribution in [3.8, 4) is 0 Å². The number of aromatic amines is 1. The maximum atomic E-state index is 12.3. The van der Waals surface area contributed by atoms with Gasteiger partial charge in [0.05, 0.1) is 12.6 Å². The van der Waals surface area contributed by atoms with E-state index in [-0.39, 0.29) is 23.5 Å². The monoisotopic (exact) mass is 350 g/mol. The zero-order chi connectivity index (χ0) is 18.1. The molecule has 0 radical (unpaired) electrons. The Kier molecular flexibility index (Phi) is 4.89. The number of nitrogens with zero attached hydrogens (tertiary/aromatic N) is 3. The summed E-state index contributed by atoms with van der Waals surface area (Å²) in [5.41, 5.74) is 6.08. The molecule has 3 rings (SSSR count). The fraction of sp³-hybridized carbons (Fsp3) is 0.562. The van der Waals surface area contributed by atoms with Crippen LogP contribution in [0.5, 0.6) is 0 Å². The molecule has 9 nitrogen and oxygen atoms in total. The largest absolute Gasteiger partial charge is 0.386 e. The van der Waals surface area contributed by atoms with E-state index >= 15 is 0 Å². The summed E-state index contributed by atoms with van der Waals surface area (Å²) in [6.07, 6.45) is 2.50. The predicted octanol–water partition coefficient (Wildman–Crippen LogP) is -0.289. The first kappa shape index (κ1) is 17.6. The van der Waals surface area contributed by atoms with E-state index in [0.29, 0.717) is 30.7 Å². The van der Waals surface area contributed by atoms with E-state index in [1.165, 1.54) is 0 Å². The lowest BCUT2D eigenvalue weighted by Crippen LogP contribution is -2.45. The zero-order valence-electron chi connectivity index (χ0n) is 14.4. The molecule has 2 aromatic rings. The van der Waals surface area contributed by atoms with Crippen LogP contribution < -0.4 is 15.9 Å². The van der Waals surface area contributed by atoms with Crippen molar-refractivity contribution in [2.45, 2.75) is 38.3 Å². The maximum absolute atomic E-state index is 12.3. The number of allylic oxidation sites excluding steroid dienone is 1. The SMILES string of the molecule is C=CCn1c[n+]([C@@H]2O[C@H](C)[C@@H](CCOC)[C@H]2O)c2nc(N)[nH]c(=O)c21. The molecule has 1 saturated heterocycles. The second-order valence-electron chi connectivity index (χ2n) is 6.25. The number of hydrogen-bond donors (Lipinski definition) is 3. The first-order valence-electron chi connectivity index (χ1n) is 8.21. The first-order chi connectivity index (χ1) is 12.0. The molecule has 0 saturated carbocycles. The Bertz CT molecular complexity index is 830. The Morgan fingerprint density at radius 3 is 3.08 bits per heavy atom. The molecule has 25 heavy (non-hydrogen) atoms. The molecule has 0 spiro atoms. The van der Waals surface area contributed by atoms with Gasteiger partial charge in [-0.3, -0.25) is 14.3 Å². The van der Waals surface area contributed by atoms with Gasteiger partial charge in [0.15, 0.2) is 6.33 Å². The molecule has 1 aliphatic rings. The summed E-state index contributed by atoms with van der Waals surface area (Å²) in [7, 11) is 1.63. The number of aromatic nitrogens is 4. The molecule has 0 unspecified atom stereocenters. The van der Waals surface area contributed by atoms with Crippen molar-refractivity contribution in [2.75, 3.05) is 19.5 Å². The van der Waals surface area contributed by atoms with Gasteiger partial charge in [-0.25, -0.2) is 4.57 Å². The number of fused-ring (bicyclic) bond motifs is 1. The second kappa shape index (κ2) is 6.95. The van der Waals surface area contributed by atoms with Gasteiger partial charge in [0, 0.05) is 19.6 Å². The number of hydrogen-bond acceptors (Lipinski definition) is 6. The lowest BCUT2D eigenvalue weighted by Gasteiger charge is -2.16. The van der Waals surface area contributed by atoms with Crippen LogP contribution in [0.4, 0.5) is 5.95 Å². The van der Waals surface area contributed by atoms with Crippen molar-refractivity contribution in [1.29, 1.82) is 0 Å². The number of nitrogens with one attached hydrogen (secondary N) is 1. The number of ether oxygens (including phenoxy) is 2. The molecule has 0 aromatic carbocycles. The fourth-order valence-electron chi connectivity index (χ4n) is 3.42. The maximum Gasteiger partial charge on any atom is 0.313 e. The molecular weight excluding hydrogens is 326 g/mol. The van der Waals surface area contributed by atoms with Gasteiger partial charge >= 0.3 is 5.65 Å². The molecule has 1 aliphatic heterocycles. The fourth-order valence-corrected chi connectivity index (χ4v) is 3.42. The average molecular weight is 350 g/mol. The van der Waals surface area contributed by atoms with Crippen molar-refractivity contribution in [3.63, 3.8) is 0 Å². The molecule has 136 valence electrons. The van der Waals surface area contributed by atoms with Gasteiger partial charge in [0.25, 0.3) is 11.5 Å². The van der Waals surface area contributed by atoms with Crippen molar-refractivity contribution in [1.82, 2.24) is 14.5 Å². The van der Waals surface area contributed by atoms with E-state index in [1.807, 2.05) is 6.92 Å². The summed E-state index contributed by atoms with van der Waals surface area (Å²) >= 11 is 0. The number of H-pyrrole nitrogens is 1. The quantitative estimate of drug-likeness (QED) is 0.487. The Morgan fingerprint density at radius 2 is 2.40 bits per heavy atom. The normalized spacial score (nSPS) is 26.4. The third-order valence-electron chi connectivity index (χ3n) is 4.63. The third kappa shape index (κ3) is 3.06. The molecule has 1 fully saturated rings. The molecule has 0 aliphatic carbocycles. The van der Waals surface area contributed by atoms with E-state index in [1.54, 1.807) is 28.6 Å². The van der Waals surface area contributed by atoms with Crippen LogP contribution in [0.25, 0.3) is 11.2 Å². The van der Waals surface area contributed by atoms with E-state index in [4.69, 9.17) is 15.2 Å². The topological polar surface area (TPSA) is 119 Å². The van der Waals surface area contributed by atoms with Crippen LogP contribution in [0, 0.1) is 5.92 Å². The van der Waals surface area contributed by atoms with Gasteiger partial charge in [0.1, 0.15) is 6.10 Å². The smallest absolute Gasteiger partial charge is 0.313 e. The first-order valence-corrected chi connectivity index (χ1v) is 8.21.